The summed E-state index contributed by atoms with van der Waals surface area (Å²) in [5.74, 6) is 0. The van der Waals surface area contributed by atoms with E-state index in [1.807, 2.05) is 11.3 Å². The van der Waals surface area contributed by atoms with Gasteiger partial charge in [-0.15, -0.1) is 11.3 Å². The third kappa shape index (κ3) is 3.52. The molecule has 0 atom stereocenters. The van der Waals surface area contributed by atoms with E-state index in [1.165, 1.54) is 36.1 Å². The van der Waals surface area contributed by atoms with E-state index < -0.39 is 0 Å². The van der Waals surface area contributed by atoms with E-state index in [0.717, 1.165) is 0 Å². The zero-order chi connectivity index (χ0) is 10.3. The molecular formula is C14H16S. The molecule has 0 amide bonds. The molecule has 0 fully saturated rings. The van der Waals surface area contributed by atoms with E-state index in [1.54, 1.807) is 0 Å². The topological polar surface area (TPSA) is 0 Å². The summed E-state index contributed by atoms with van der Waals surface area (Å²) in [6.45, 7) is 0. The van der Waals surface area contributed by atoms with Crippen molar-refractivity contribution >= 4 is 11.3 Å². The molecule has 0 saturated heterocycles. The molecule has 0 N–H and O–H groups in total. The first-order valence-corrected chi connectivity index (χ1v) is 6.39. The number of rotatable bonds is 5. The largest absolute Gasteiger partial charge is 0.149 e. The van der Waals surface area contributed by atoms with Gasteiger partial charge in [0.1, 0.15) is 0 Å². The predicted octanol–water partition coefficient (Wildman–Crippen LogP) is 4.31. The molecule has 0 bridgehead atoms. The van der Waals surface area contributed by atoms with Crippen molar-refractivity contribution in [2.24, 2.45) is 0 Å². The first-order chi connectivity index (χ1) is 7.45. The van der Waals surface area contributed by atoms with Crippen molar-refractivity contribution in [1.82, 2.24) is 0 Å². The van der Waals surface area contributed by atoms with Crippen LogP contribution in [0.25, 0.3) is 0 Å². The minimum Gasteiger partial charge on any atom is -0.149 e. The second kappa shape index (κ2) is 5.72. The molecule has 0 aliphatic heterocycles. The summed E-state index contributed by atoms with van der Waals surface area (Å²) in [6.07, 6.45) is 5.05. The van der Waals surface area contributed by atoms with Gasteiger partial charge in [-0.2, -0.15) is 0 Å². The summed E-state index contributed by atoms with van der Waals surface area (Å²) >= 11 is 1.87. The highest BCUT2D eigenvalue weighted by molar-refractivity contribution is 7.09. The number of aryl methyl sites for hydroxylation is 2. The van der Waals surface area contributed by atoms with Crippen molar-refractivity contribution in [3.8, 4) is 0 Å². The molecule has 0 aliphatic rings. The van der Waals surface area contributed by atoms with Gasteiger partial charge >= 0.3 is 0 Å². The fraction of sp³-hybridized carbons (Fsp3) is 0.286. The lowest BCUT2D eigenvalue weighted by molar-refractivity contribution is 0.740. The van der Waals surface area contributed by atoms with Crippen LogP contribution in [-0.4, -0.2) is 0 Å². The first-order valence-electron chi connectivity index (χ1n) is 5.51. The lowest BCUT2D eigenvalue weighted by atomic mass is 10.1. The van der Waals surface area contributed by atoms with Gasteiger partial charge in [-0.3, -0.25) is 0 Å². The number of thiophene rings is 1. The molecular weight excluding hydrogens is 200 g/mol. The molecule has 1 heterocycles. The Kier molecular flexibility index (Phi) is 3.98. The van der Waals surface area contributed by atoms with E-state index in [2.05, 4.69) is 47.8 Å². The Morgan fingerprint density at radius 2 is 1.60 bits per heavy atom. The van der Waals surface area contributed by atoms with Gasteiger partial charge in [-0.1, -0.05) is 36.4 Å². The van der Waals surface area contributed by atoms with Crippen molar-refractivity contribution < 1.29 is 0 Å². The molecule has 0 nitrogen and oxygen atoms in total. The molecule has 0 saturated carbocycles. The second-order valence-electron chi connectivity index (χ2n) is 3.77. The summed E-state index contributed by atoms with van der Waals surface area (Å²) in [7, 11) is 0. The van der Waals surface area contributed by atoms with Gasteiger partial charge in [0.25, 0.3) is 0 Å². The van der Waals surface area contributed by atoms with Gasteiger partial charge in [0.15, 0.2) is 0 Å². The molecule has 1 aromatic heterocycles. The maximum atomic E-state index is 2.23. The highest BCUT2D eigenvalue weighted by Crippen LogP contribution is 2.13. The van der Waals surface area contributed by atoms with Crippen LogP contribution in [-0.2, 0) is 12.8 Å². The second-order valence-corrected chi connectivity index (χ2v) is 4.80. The lowest BCUT2D eigenvalue weighted by Crippen LogP contribution is -1.86. The zero-order valence-corrected chi connectivity index (χ0v) is 9.67. The van der Waals surface area contributed by atoms with Crippen LogP contribution in [0.3, 0.4) is 0 Å². The quantitative estimate of drug-likeness (QED) is 0.653. The molecule has 1 heteroatoms. The molecule has 2 rings (SSSR count). The van der Waals surface area contributed by atoms with Gasteiger partial charge in [-0.05, 0) is 42.7 Å². The number of benzene rings is 1. The minimum atomic E-state index is 1.21. The van der Waals surface area contributed by atoms with Crippen molar-refractivity contribution in [3.63, 3.8) is 0 Å². The standard InChI is InChI=1S/C14H16S/c1-2-7-13(8-3-1)9-4-5-10-14-11-6-12-15-14/h1-3,6-8,11-12H,4-5,9-10H2. The summed E-state index contributed by atoms with van der Waals surface area (Å²) in [6, 6.07) is 15.1. The lowest BCUT2D eigenvalue weighted by Gasteiger charge is -2.00. The van der Waals surface area contributed by atoms with Crippen LogP contribution in [0.4, 0.5) is 0 Å². The first kappa shape index (κ1) is 10.4. The van der Waals surface area contributed by atoms with Crippen molar-refractivity contribution in [3.05, 3.63) is 58.3 Å². The molecule has 2 aromatic rings. The zero-order valence-electron chi connectivity index (χ0n) is 8.86. The monoisotopic (exact) mass is 216 g/mol. The maximum Gasteiger partial charge on any atom is 0.00452 e. The molecule has 1 aromatic carbocycles. The van der Waals surface area contributed by atoms with Gasteiger partial charge in [0.2, 0.25) is 0 Å². The molecule has 0 radical (unpaired) electrons. The van der Waals surface area contributed by atoms with E-state index in [0.29, 0.717) is 0 Å². The van der Waals surface area contributed by atoms with Gasteiger partial charge < -0.3 is 0 Å². The highest BCUT2D eigenvalue weighted by atomic mass is 32.1. The molecule has 78 valence electrons. The van der Waals surface area contributed by atoms with Crippen LogP contribution in [0, 0.1) is 0 Å². The van der Waals surface area contributed by atoms with E-state index in [-0.39, 0.29) is 0 Å². The Morgan fingerprint density at radius 1 is 0.800 bits per heavy atom. The number of hydrogen-bond donors (Lipinski definition) is 0. The Morgan fingerprint density at radius 3 is 2.33 bits per heavy atom. The third-order valence-electron chi connectivity index (χ3n) is 2.56. The Balaban J connectivity index is 1.68. The fourth-order valence-corrected chi connectivity index (χ4v) is 2.48. The van der Waals surface area contributed by atoms with Crippen LogP contribution in [0.5, 0.6) is 0 Å². The smallest absolute Gasteiger partial charge is 0.00452 e. The normalized spacial score (nSPS) is 10.4. The van der Waals surface area contributed by atoms with Gasteiger partial charge in [-0.25, -0.2) is 0 Å². The number of unbranched alkanes of at least 4 members (excludes halogenated alkanes) is 1. The summed E-state index contributed by atoms with van der Waals surface area (Å²) < 4.78 is 0. The van der Waals surface area contributed by atoms with Crippen LogP contribution < -0.4 is 0 Å². The van der Waals surface area contributed by atoms with Gasteiger partial charge in [0.05, 0.1) is 0 Å². The molecule has 0 unspecified atom stereocenters. The van der Waals surface area contributed by atoms with Crippen molar-refractivity contribution in [2.75, 3.05) is 0 Å². The summed E-state index contributed by atoms with van der Waals surface area (Å²) in [5.41, 5.74) is 1.46. The Labute approximate surface area is 95.6 Å². The summed E-state index contributed by atoms with van der Waals surface area (Å²) in [5, 5.41) is 2.16. The predicted molar refractivity (Wildman–Crippen MR) is 67.4 cm³/mol. The molecule has 0 spiro atoms. The SMILES string of the molecule is c1ccc(CCCCc2cccs2)cc1. The average Bonchev–Trinajstić information content (AvgIpc) is 2.79. The van der Waals surface area contributed by atoms with Gasteiger partial charge in [0, 0.05) is 4.88 Å². The minimum absolute atomic E-state index is 1.21. The van der Waals surface area contributed by atoms with Crippen LogP contribution in [0.15, 0.2) is 47.8 Å². The van der Waals surface area contributed by atoms with Crippen molar-refractivity contribution in [1.29, 1.82) is 0 Å². The van der Waals surface area contributed by atoms with E-state index in [9.17, 15) is 0 Å². The van der Waals surface area contributed by atoms with Crippen LogP contribution >= 0.6 is 11.3 Å². The molecule has 0 aliphatic carbocycles. The average molecular weight is 216 g/mol. The maximum absolute atomic E-state index is 2.23. The summed E-state index contributed by atoms with van der Waals surface area (Å²) in [4.78, 5) is 1.52. The van der Waals surface area contributed by atoms with E-state index in [4.69, 9.17) is 0 Å². The van der Waals surface area contributed by atoms with Crippen molar-refractivity contribution in [2.45, 2.75) is 25.7 Å². The Hall–Kier alpha value is -1.08. The molecule has 15 heavy (non-hydrogen) atoms. The van der Waals surface area contributed by atoms with Crippen LogP contribution in [0.1, 0.15) is 23.3 Å². The van der Waals surface area contributed by atoms with E-state index >= 15 is 0 Å². The highest BCUT2D eigenvalue weighted by Gasteiger charge is 1.95. The number of hydrogen-bond acceptors (Lipinski definition) is 1. The Bertz CT molecular complexity index is 362. The fourth-order valence-electron chi connectivity index (χ4n) is 1.73. The third-order valence-corrected chi connectivity index (χ3v) is 3.50. The van der Waals surface area contributed by atoms with Crippen LogP contribution in [0.2, 0.25) is 0 Å².